The smallest absolute Gasteiger partial charge is 0.332 e. The molecule has 1 aromatic carbocycles. The first-order chi connectivity index (χ1) is 15.0. The normalized spacial score (nSPS) is 11.0. The second-order valence-corrected chi connectivity index (χ2v) is 6.70. The number of rotatable bonds is 7. The number of benzene rings is 1. The summed E-state index contributed by atoms with van der Waals surface area (Å²) in [6, 6.07) is 7.20. The van der Waals surface area contributed by atoms with Crippen molar-refractivity contribution in [2.24, 2.45) is 14.1 Å². The molecular formula is C18H19N9O4. The SMILES string of the molecule is Cn1c(=O)c2ncn(CC(=O)NCCOc3cccc(-n4cnnn4)c3)c2n(C)c1=O. The van der Waals surface area contributed by atoms with Crippen molar-refractivity contribution in [2.75, 3.05) is 13.2 Å². The number of tetrazole rings is 1. The maximum Gasteiger partial charge on any atom is 0.332 e. The van der Waals surface area contributed by atoms with Gasteiger partial charge < -0.3 is 14.6 Å². The van der Waals surface area contributed by atoms with E-state index in [2.05, 4.69) is 25.8 Å². The number of aryl methyl sites for hydroxylation is 1. The average Bonchev–Trinajstić information content (AvgIpc) is 3.45. The van der Waals surface area contributed by atoms with Gasteiger partial charge in [0.15, 0.2) is 5.52 Å². The van der Waals surface area contributed by atoms with E-state index in [1.165, 1.54) is 40.6 Å². The van der Waals surface area contributed by atoms with Crippen molar-refractivity contribution < 1.29 is 9.53 Å². The van der Waals surface area contributed by atoms with Crippen LogP contribution in [0.5, 0.6) is 5.75 Å². The van der Waals surface area contributed by atoms with Gasteiger partial charge in [0.05, 0.1) is 18.6 Å². The van der Waals surface area contributed by atoms with Crippen LogP contribution in [-0.2, 0) is 25.4 Å². The van der Waals surface area contributed by atoms with Crippen LogP contribution in [0.4, 0.5) is 0 Å². The predicted molar refractivity (Wildman–Crippen MR) is 108 cm³/mol. The van der Waals surface area contributed by atoms with Gasteiger partial charge in [0, 0.05) is 20.2 Å². The Morgan fingerprint density at radius 3 is 2.77 bits per heavy atom. The molecule has 3 heterocycles. The molecule has 0 unspecified atom stereocenters. The molecule has 0 aliphatic rings. The first-order valence-electron chi connectivity index (χ1n) is 9.29. The molecular weight excluding hydrogens is 406 g/mol. The molecule has 0 saturated heterocycles. The second-order valence-electron chi connectivity index (χ2n) is 6.70. The Morgan fingerprint density at radius 2 is 2.00 bits per heavy atom. The lowest BCUT2D eigenvalue weighted by atomic mass is 10.3. The molecule has 0 spiro atoms. The topological polar surface area (TPSA) is 144 Å². The first kappa shape index (κ1) is 20.0. The van der Waals surface area contributed by atoms with E-state index in [9.17, 15) is 14.4 Å². The highest BCUT2D eigenvalue weighted by Crippen LogP contribution is 2.15. The highest BCUT2D eigenvalue weighted by molar-refractivity contribution is 5.78. The largest absolute Gasteiger partial charge is 0.492 e. The van der Waals surface area contributed by atoms with Gasteiger partial charge in [0.2, 0.25) is 5.91 Å². The van der Waals surface area contributed by atoms with Crippen LogP contribution in [0.2, 0.25) is 0 Å². The van der Waals surface area contributed by atoms with Crippen molar-refractivity contribution in [3.63, 3.8) is 0 Å². The number of amides is 1. The lowest BCUT2D eigenvalue weighted by Crippen LogP contribution is -2.38. The lowest BCUT2D eigenvalue weighted by Gasteiger charge is -2.10. The average molecular weight is 425 g/mol. The number of fused-ring (bicyclic) bond motifs is 1. The Labute approximate surface area is 174 Å². The van der Waals surface area contributed by atoms with E-state index in [4.69, 9.17) is 4.74 Å². The molecule has 31 heavy (non-hydrogen) atoms. The highest BCUT2D eigenvalue weighted by Gasteiger charge is 2.15. The van der Waals surface area contributed by atoms with Gasteiger partial charge in [-0.1, -0.05) is 6.07 Å². The molecule has 0 saturated carbocycles. The molecule has 3 aromatic heterocycles. The van der Waals surface area contributed by atoms with Crippen LogP contribution in [0.25, 0.3) is 16.9 Å². The standard InChI is InChI=1S/C18H19N9O4/c1-24-16-15(17(29)25(2)18(24)30)20-10-26(16)9-14(28)19-6-7-31-13-5-3-4-12(8-13)27-11-21-22-23-27/h3-5,8,10-11H,6-7,9H2,1-2H3,(H,19,28). The van der Waals surface area contributed by atoms with Crippen LogP contribution in [0, 0.1) is 0 Å². The van der Waals surface area contributed by atoms with Crippen LogP contribution in [0.1, 0.15) is 0 Å². The lowest BCUT2D eigenvalue weighted by molar-refractivity contribution is -0.121. The molecule has 13 heteroatoms. The van der Waals surface area contributed by atoms with Crippen molar-refractivity contribution in [3.05, 3.63) is 57.8 Å². The Morgan fingerprint density at radius 1 is 1.16 bits per heavy atom. The monoisotopic (exact) mass is 425 g/mol. The zero-order chi connectivity index (χ0) is 22.0. The number of nitrogens with one attached hydrogen (secondary N) is 1. The molecule has 0 aliphatic carbocycles. The number of carbonyl (C=O) groups excluding carboxylic acids is 1. The summed E-state index contributed by atoms with van der Waals surface area (Å²) in [5.41, 5.74) is 0.170. The number of carbonyl (C=O) groups is 1. The van der Waals surface area contributed by atoms with Crippen molar-refractivity contribution >= 4 is 17.1 Å². The van der Waals surface area contributed by atoms with Crippen LogP contribution >= 0.6 is 0 Å². The maximum atomic E-state index is 12.3. The van der Waals surface area contributed by atoms with Crippen molar-refractivity contribution in [1.29, 1.82) is 0 Å². The molecule has 0 aliphatic heterocycles. The molecule has 4 aromatic rings. The van der Waals surface area contributed by atoms with Gasteiger partial charge in [-0.3, -0.25) is 18.7 Å². The zero-order valence-corrected chi connectivity index (χ0v) is 16.8. The summed E-state index contributed by atoms with van der Waals surface area (Å²) in [6.45, 7) is 0.418. The molecule has 0 atom stereocenters. The molecule has 160 valence electrons. The van der Waals surface area contributed by atoms with Crippen LogP contribution in [0.15, 0.2) is 46.5 Å². The number of aromatic nitrogens is 8. The molecule has 0 radical (unpaired) electrons. The first-order valence-corrected chi connectivity index (χ1v) is 9.29. The summed E-state index contributed by atoms with van der Waals surface area (Å²) < 4.78 is 10.9. The Hall–Kier alpha value is -4.29. The second kappa shape index (κ2) is 8.22. The van der Waals surface area contributed by atoms with E-state index in [-0.39, 0.29) is 31.1 Å². The number of ether oxygens (including phenoxy) is 1. The number of imidazole rings is 1. The molecule has 1 amide bonds. The van der Waals surface area contributed by atoms with E-state index in [1.807, 2.05) is 12.1 Å². The van der Waals surface area contributed by atoms with Gasteiger partial charge in [0.25, 0.3) is 5.56 Å². The highest BCUT2D eigenvalue weighted by atomic mass is 16.5. The summed E-state index contributed by atoms with van der Waals surface area (Å²) in [5, 5.41) is 13.7. The summed E-state index contributed by atoms with van der Waals surface area (Å²) >= 11 is 0. The third-order valence-electron chi connectivity index (χ3n) is 4.65. The predicted octanol–water partition coefficient (Wildman–Crippen LogP) is -1.40. The van der Waals surface area contributed by atoms with Gasteiger partial charge in [-0.25, -0.2) is 14.5 Å². The fourth-order valence-electron chi connectivity index (χ4n) is 3.12. The third kappa shape index (κ3) is 3.92. The third-order valence-corrected chi connectivity index (χ3v) is 4.65. The van der Waals surface area contributed by atoms with Gasteiger partial charge in [0.1, 0.15) is 30.9 Å². The van der Waals surface area contributed by atoms with Crippen molar-refractivity contribution in [3.8, 4) is 11.4 Å². The minimum atomic E-state index is -0.505. The Balaban J connectivity index is 1.35. The molecule has 1 N–H and O–H groups in total. The maximum absolute atomic E-state index is 12.3. The molecule has 4 rings (SSSR count). The summed E-state index contributed by atoms with van der Waals surface area (Å²) in [4.78, 5) is 40.7. The number of nitrogens with zero attached hydrogens (tertiary/aromatic N) is 8. The van der Waals surface area contributed by atoms with Gasteiger partial charge in [-0.2, -0.15) is 0 Å². The fraction of sp³-hybridized carbons (Fsp3) is 0.278. The Kier molecular flexibility index (Phi) is 5.30. The van der Waals surface area contributed by atoms with E-state index in [1.54, 1.807) is 12.1 Å². The molecule has 0 bridgehead atoms. The van der Waals surface area contributed by atoms with E-state index < -0.39 is 11.2 Å². The van der Waals surface area contributed by atoms with Crippen LogP contribution in [-0.4, -0.2) is 58.0 Å². The van der Waals surface area contributed by atoms with E-state index in [0.29, 0.717) is 11.4 Å². The summed E-state index contributed by atoms with van der Waals surface area (Å²) in [6.07, 6.45) is 2.84. The van der Waals surface area contributed by atoms with E-state index in [0.717, 1.165) is 10.3 Å². The van der Waals surface area contributed by atoms with E-state index >= 15 is 0 Å². The number of hydrogen-bond acceptors (Lipinski definition) is 8. The van der Waals surface area contributed by atoms with Crippen molar-refractivity contribution in [1.82, 2.24) is 44.2 Å². The number of hydrogen-bond donors (Lipinski definition) is 1. The van der Waals surface area contributed by atoms with Crippen LogP contribution in [0.3, 0.4) is 0 Å². The Bertz CT molecular complexity index is 1350. The van der Waals surface area contributed by atoms with Crippen molar-refractivity contribution in [2.45, 2.75) is 6.54 Å². The van der Waals surface area contributed by atoms with Crippen LogP contribution < -0.4 is 21.3 Å². The molecule has 0 fully saturated rings. The minimum absolute atomic E-state index is 0.0915. The van der Waals surface area contributed by atoms with Gasteiger partial charge >= 0.3 is 5.69 Å². The quantitative estimate of drug-likeness (QED) is 0.356. The summed E-state index contributed by atoms with van der Waals surface area (Å²) in [5.74, 6) is 0.298. The minimum Gasteiger partial charge on any atom is -0.492 e. The molecule has 13 nitrogen and oxygen atoms in total. The fourth-order valence-corrected chi connectivity index (χ4v) is 3.12. The zero-order valence-electron chi connectivity index (χ0n) is 16.8. The van der Waals surface area contributed by atoms with Gasteiger partial charge in [-0.05, 0) is 22.6 Å². The summed E-state index contributed by atoms with van der Waals surface area (Å²) in [7, 11) is 2.91. The van der Waals surface area contributed by atoms with Gasteiger partial charge in [-0.15, -0.1) is 5.10 Å².